The van der Waals surface area contributed by atoms with Crippen LogP contribution in [0.1, 0.15) is 32.6 Å². The van der Waals surface area contributed by atoms with Crippen LogP contribution in [0.3, 0.4) is 0 Å². The number of hydrogen-bond donors (Lipinski definition) is 2. The number of nitrogens with two attached hydrogens (primary N) is 1. The molecule has 1 saturated carbocycles. The molecular formula is C15H22N2O2. The fourth-order valence-corrected chi connectivity index (χ4v) is 2.52. The minimum absolute atomic E-state index is 0.00329. The average molecular weight is 262 g/mol. The first-order valence-corrected chi connectivity index (χ1v) is 7.00. The van der Waals surface area contributed by atoms with Gasteiger partial charge < -0.3 is 15.8 Å². The summed E-state index contributed by atoms with van der Waals surface area (Å²) in [7, 11) is 0. The summed E-state index contributed by atoms with van der Waals surface area (Å²) in [5, 5.41) is 2.94. The highest BCUT2D eigenvalue weighted by Crippen LogP contribution is 2.24. The van der Waals surface area contributed by atoms with Crippen LogP contribution in [0.15, 0.2) is 24.3 Å². The van der Waals surface area contributed by atoms with E-state index in [9.17, 15) is 4.79 Å². The molecule has 19 heavy (non-hydrogen) atoms. The molecule has 0 aromatic heterocycles. The lowest BCUT2D eigenvalue weighted by atomic mass is 9.84. The number of nitrogens with one attached hydrogen (secondary N) is 1. The Morgan fingerprint density at radius 1 is 1.32 bits per heavy atom. The topological polar surface area (TPSA) is 64.3 Å². The molecule has 2 rings (SSSR count). The molecule has 1 amide bonds. The SMILES string of the molecule is CCOc1ccc(NC(=O)C2CCCCC2N)cc1. The first-order valence-electron chi connectivity index (χ1n) is 7.00. The normalized spacial score (nSPS) is 22.8. The van der Waals surface area contributed by atoms with Gasteiger partial charge in [-0.25, -0.2) is 0 Å². The maximum absolute atomic E-state index is 12.2. The van der Waals surface area contributed by atoms with Crippen LogP contribution in [-0.2, 0) is 4.79 Å². The molecule has 0 heterocycles. The predicted molar refractivity (Wildman–Crippen MR) is 76.2 cm³/mol. The number of amides is 1. The largest absolute Gasteiger partial charge is 0.494 e. The van der Waals surface area contributed by atoms with Gasteiger partial charge in [-0.2, -0.15) is 0 Å². The number of carbonyl (C=O) groups excluding carboxylic acids is 1. The number of hydrogen-bond acceptors (Lipinski definition) is 3. The molecule has 4 nitrogen and oxygen atoms in total. The highest BCUT2D eigenvalue weighted by molar-refractivity contribution is 5.93. The Morgan fingerprint density at radius 2 is 2.00 bits per heavy atom. The molecule has 2 atom stereocenters. The van der Waals surface area contributed by atoms with Crippen molar-refractivity contribution in [3.63, 3.8) is 0 Å². The monoisotopic (exact) mass is 262 g/mol. The van der Waals surface area contributed by atoms with Gasteiger partial charge in [0.05, 0.1) is 12.5 Å². The van der Waals surface area contributed by atoms with Crippen LogP contribution in [-0.4, -0.2) is 18.6 Å². The lowest BCUT2D eigenvalue weighted by Crippen LogP contribution is -2.40. The van der Waals surface area contributed by atoms with Gasteiger partial charge in [-0.15, -0.1) is 0 Å². The summed E-state index contributed by atoms with van der Waals surface area (Å²) in [6.45, 7) is 2.59. The summed E-state index contributed by atoms with van der Waals surface area (Å²) in [5.41, 5.74) is 6.81. The molecule has 0 saturated heterocycles. The number of benzene rings is 1. The number of carbonyl (C=O) groups is 1. The molecule has 0 radical (unpaired) electrons. The maximum Gasteiger partial charge on any atom is 0.229 e. The Labute approximate surface area is 114 Å². The number of rotatable bonds is 4. The van der Waals surface area contributed by atoms with Crippen molar-refractivity contribution < 1.29 is 9.53 Å². The quantitative estimate of drug-likeness (QED) is 0.876. The molecule has 0 bridgehead atoms. The second-order valence-corrected chi connectivity index (χ2v) is 5.00. The summed E-state index contributed by atoms with van der Waals surface area (Å²) >= 11 is 0. The van der Waals surface area contributed by atoms with Crippen molar-refractivity contribution in [1.82, 2.24) is 0 Å². The minimum Gasteiger partial charge on any atom is -0.494 e. The first-order chi connectivity index (χ1) is 9.20. The standard InChI is InChI=1S/C15H22N2O2/c1-2-19-12-9-7-11(8-10-12)17-15(18)13-5-3-4-6-14(13)16/h7-10,13-14H,2-6,16H2,1H3,(H,17,18). The van der Waals surface area contributed by atoms with E-state index in [1.165, 1.54) is 0 Å². The van der Waals surface area contributed by atoms with E-state index in [1.807, 2.05) is 31.2 Å². The Bertz CT molecular complexity index is 417. The van der Waals surface area contributed by atoms with E-state index in [0.717, 1.165) is 37.1 Å². The third-order valence-corrected chi connectivity index (χ3v) is 3.59. The highest BCUT2D eigenvalue weighted by Gasteiger charge is 2.28. The first kappa shape index (κ1) is 13.9. The number of ether oxygens (including phenoxy) is 1. The fourth-order valence-electron chi connectivity index (χ4n) is 2.52. The fraction of sp³-hybridized carbons (Fsp3) is 0.533. The summed E-state index contributed by atoms with van der Waals surface area (Å²) in [5.74, 6) is 0.798. The van der Waals surface area contributed by atoms with Crippen LogP contribution >= 0.6 is 0 Å². The van der Waals surface area contributed by atoms with Crippen LogP contribution in [0.5, 0.6) is 5.75 Å². The Hall–Kier alpha value is -1.55. The molecule has 2 unspecified atom stereocenters. The van der Waals surface area contributed by atoms with E-state index < -0.39 is 0 Å². The van der Waals surface area contributed by atoms with E-state index in [-0.39, 0.29) is 17.9 Å². The smallest absolute Gasteiger partial charge is 0.229 e. The molecule has 0 spiro atoms. The van der Waals surface area contributed by atoms with Gasteiger partial charge in [0.25, 0.3) is 0 Å². The highest BCUT2D eigenvalue weighted by atomic mass is 16.5. The molecule has 104 valence electrons. The van der Waals surface area contributed by atoms with E-state index in [2.05, 4.69) is 5.32 Å². The van der Waals surface area contributed by atoms with Crippen molar-refractivity contribution in [3.8, 4) is 5.75 Å². The zero-order chi connectivity index (χ0) is 13.7. The van der Waals surface area contributed by atoms with E-state index in [0.29, 0.717) is 6.61 Å². The molecule has 1 fully saturated rings. The maximum atomic E-state index is 12.2. The van der Waals surface area contributed by atoms with Gasteiger partial charge in [0.15, 0.2) is 0 Å². The minimum atomic E-state index is -0.0553. The van der Waals surface area contributed by atoms with Crippen molar-refractivity contribution in [1.29, 1.82) is 0 Å². The molecule has 1 aromatic rings. The Balaban J connectivity index is 1.94. The van der Waals surface area contributed by atoms with Gasteiger partial charge in [0, 0.05) is 11.7 Å². The van der Waals surface area contributed by atoms with Crippen molar-refractivity contribution in [2.75, 3.05) is 11.9 Å². The van der Waals surface area contributed by atoms with Crippen LogP contribution in [0, 0.1) is 5.92 Å². The van der Waals surface area contributed by atoms with Gasteiger partial charge in [-0.1, -0.05) is 12.8 Å². The molecule has 0 aliphatic heterocycles. The third kappa shape index (κ3) is 3.70. The summed E-state index contributed by atoms with van der Waals surface area (Å²) in [6.07, 6.45) is 4.06. The second-order valence-electron chi connectivity index (χ2n) is 5.00. The summed E-state index contributed by atoms with van der Waals surface area (Å²) < 4.78 is 5.37. The van der Waals surface area contributed by atoms with E-state index >= 15 is 0 Å². The van der Waals surface area contributed by atoms with Crippen molar-refractivity contribution in [2.45, 2.75) is 38.6 Å². The van der Waals surface area contributed by atoms with Gasteiger partial charge in [-0.05, 0) is 44.0 Å². The van der Waals surface area contributed by atoms with Crippen molar-refractivity contribution in [2.24, 2.45) is 11.7 Å². The lowest BCUT2D eigenvalue weighted by Gasteiger charge is -2.27. The molecule has 1 aromatic carbocycles. The molecule has 1 aliphatic rings. The van der Waals surface area contributed by atoms with Crippen LogP contribution in [0.4, 0.5) is 5.69 Å². The van der Waals surface area contributed by atoms with E-state index in [1.54, 1.807) is 0 Å². The molecule has 3 N–H and O–H groups in total. The van der Waals surface area contributed by atoms with Crippen molar-refractivity contribution >= 4 is 11.6 Å². The Morgan fingerprint density at radius 3 is 2.63 bits per heavy atom. The van der Waals surface area contributed by atoms with Crippen LogP contribution in [0.25, 0.3) is 0 Å². The zero-order valence-corrected chi connectivity index (χ0v) is 11.4. The van der Waals surface area contributed by atoms with Gasteiger partial charge >= 0.3 is 0 Å². The van der Waals surface area contributed by atoms with E-state index in [4.69, 9.17) is 10.5 Å². The summed E-state index contributed by atoms with van der Waals surface area (Å²) in [4.78, 5) is 12.2. The van der Waals surface area contributed by atoms with Gasteiger partial charge in [-0.3, -0.25) is 4.79 Å². The second kappa shape index (κ2) is 6.57. The predicted octanol–water partition coefficient (Wildman–Crippen LogP) is 2.54. The van der Waals surface area contributed by atoms with Crippen molar-refractivity contribution in [3.05, 3.63) is 24.3 Å². The third-order valence-electron chi connectivity index (χ3n) is 3.59. The number of anilines is 1. The van der Waals surface area contributed by atoms with Crippen LogP contribution < -0.4 is 15.8 Å². The lowest BCUT2D eigenvalue weighted by molar-refractivity contribution is -0.121. The molecule has 4 heteroatoms. The summed E-state index contributed by atoms with van der Waals surface area (Å²) in [6, 6.07) is 7.44. The van der Waals surface area contributed by atoms with Crippen LogP contribution in [0.2, 0.25) is 0 Å². The Kier molecular flexibility index (Phi) is 4.80. The molecular weight excluding hydrogens is 240 g/mol. The van der Waals surface area contributed by atoms with Gasteiger partial charge in [0.2, 0.25) is 5.91 Å². The zero-order valence-electron chi connectivity index (χ0n) is 11.4. The van der Waals surface area contributed by atoms with Gasteiger partial charge in [0.1, 0.15) is 5.75 Å². The molecule has 1 aliphatic carbocycles. The average Bonchev–Trinajstić information content (AvgIpc) is 2.42.